The molecule has 2 N–H and O–H groups in total. The van der Waals surface area contributed by atoms with E-state index in [1.54, 1.807) is 48.5 Å². The standard InChI is InChI=1S/C21H27N3O5S/c1-15-9-11-17(12-10-15)24(30(4,27)28)16(2)20(25)23-19-8-6-5-7-18(19)21(26)22-13-14-29-3/h5-12,16H,13-14H2,1-4H3,(H,22,26)(H,23,25)/t16-/m1/s1. The molecule has 2 rings (SSSR count). The summed E-state index contributed by atoms with van der Waals surface area (Å²) in [6.45, 7) is 4.07. The summed E-state index contributed by atoms with van der Waals surface area (Å²) < 4.78 is 30.8. The Labute approximate surface area is 177 Å². The van der Waals surface area contributed by atoms with Gasteiger partial charge in [-0.1, -0.05) is 29.8 Å². The highest BCUT2D eigenvalue weighted by molar-refractivity contribution is 7.92. The molecule has 0 unspecified atom stereocenters. The van der Waals surface area contributed by atoms with Crippen molar-refractivity contribution >= 4 is 33.2 Å². The van der Waals surface area contributed by atoms with Gasteiger partial charge in [0.05, 0.1) is 29.8 Å². The Kier molecular flexibility index (Phi) is 7.96. The minimum Gasteiger partial charge on any atom is -0.383 e. The van der Waals surface area contributed by atoms with Crippen molar-refractivity contribution in [3.05, 3.63) is 59.7 Å². The van der Waals surface area contributed by atoms with Gasteiger partial charge in [0, 0.05) is 13.7 Å². The molecule has 9 heteroatoms. The highest BCUT2D eigenvalue weighted by Gasteiger charge is 2.29. The number of aryl methyl sites for hydroxylation is 1. The highest BCUT2D eigenvalue weighted by Crippen LogP contribution is 2.23. The van der Waals surface area contributed by atoms with Gasteiger partial charge in [0.2, 0.25) is 15.9 Å². The second-order valence-electron chi connectivity index (χ2n) is 6.85. The normalized spacial score (nSPS) is 12.1. The average Bonchev–Trinajstić information content (AvgIpc) is 2.69. The number of nitrogens with one attached hydrogen (secondary N) is 2. The van der Waals surface area contributed by atoms with Gasteiger partial charge in [0.15, 0.2) is 0 Å². The molecular weight excluding hydrogens is 406 g/mol. The third kappa shape index (κ3) is 6.04. The van der Waals surface area contributed by atoms with Crippen LogP contribution < -0.4 is 14.9 Å². The van der Waals surface area contributed by atoms with E-state index in [1.807, 2.05) is 6.92 Å². The number of benzene rings is 2. The van der Waals surface area contributed by atoms with E-state index in [4.69, 9.17) is 4.74 Å². The lowest BCUT2D eigenvalue weighted by Crippen LogP contribution is -2.45. The van der Waals surface area contributed by atoms with Crippen LogP contribution in [0.1, 0.15) is 22.8 Å². The quantitative estimate of drug-likeness (QED) is 0.590. The number of methoxy groups -OCH3 is 1. The lowest BCUT2D eigenvalue weighted by atomic mass is 10.1. The molecule has 162 valence electrons. The minimum absolute atomic E-state index is 0.274. The summed E-state index contributed by atoms with van der Waals surface area (Å²) in [6, 6.07) is 12.3. The maximum Gasteiger partial charge on any atom is 0.253 e. The van der Waals surface area contributed by atoms with Gasteiger partial charge in [0.25, 0.3) is 5.91 Å². The van der Waals surface area contributed by atoms with Crippen LogP contribution in [0.4, 0.5) is 11.4 Å². The lowest BCUT2D eigenvalue weighted by Gasteiger charge is -2.28. The van der Waals surface area contributed by atoms with Crippen LogP contribution in [0, 0.1) is 6.92 Å². The maximum absolute atomic E-state index is 12.9. The number of amides is 2. The third-order valence-electron chi connectivity index (χ3n) is 4.40. The van der Waals surface area contributed by atoms with Gasteiger partial charge in [-0.15, -0.1) is 0 Å². The zero-order valence-corrected chi connectivity index (χ0v) is 18.3. The Morgan fingerprint density at radius 3 is 2.33 bits per heavy atom. The van der Waals surface area contributed by atoms with Crippen molar-refractivity contribution in [1.82, 2.24) is 5.32 Å². The molecule has 0 bridgehead atoms. The second kappa shape index (κ2) is 10.2. The molecule has 30 heavy (non-hydrogen) atoms. The van der Waals surface area contributed by atoms with Crippen LogP contribution >= 0.6 is 0 Å². The molecule has 0 radical (unpaired) electrons. The first kappa shape index (κ1) is 23.4. The number of anilines is 2. The number of carbonyl (C=O) groups is 2. The smallest absolute Gasteiger partial charge is 0.253 e. The Morgan fingerprint density at radius 1 is 1.10 bits per heavy atom. The Morgan fingerprint density at radius 2 is 1.73 bits per heavy atom. The van der Waals surface area contributed by atoms with E-state index in [9.17, 15) is 18.0 Å². The Bertz CT molecular complexity index is 990. The lowest BCUT2D eigenvalue weighted by molar-refractivity contribution is -0.116. The fraction of sp³-hybridized carbons (Fsp3) is 0.333. The van der Waals surface area contributed by atoms with Gasteiger partial charge in [-0.2, -0.15) is 0 Å². The zero-order valence-electron chi connectivity index (χ0n) is 17.5. The van der Waals surface area contributed by atoms with E-state index in [0.717, 1.165) is 16.1 Å². The van der Waals surface area contributed by atoms with E-state index >= 15 is 0 Å². The largest absolute Gasteiger partial charge is 0.383 e. The number of hydrogen-bond donors (Lipinski definition) is 2. The van der Waals surface area contributed by atoms with Gasteiger partial charge in [-0.25, -0.2) is 8.42 Å². The molecule has 2 aromatic rings. The first-order valence-corrected chi connectivity index (χ1v) is 11.2. The van der Waals surface area contributed by atoms with E-state index in [1.165, 1.54) is 14.0 Å². The molecule has 0 saturated heterocycles. The van der Waals surface area contributed by atoms with Crippen LogP contribution in [0.25, 0.3) is 0 Å². The predicted octanol–water partition coefficient (Wildman–Crippen LogP) is 2.16. The molecule has 0 heterocycles. The molecule has 0 fully saturated rings. The van der Waals surface area contributed by atoms with E-state index in [0.29, 0.717) is 24.5 Å². The molecule has 0 aliphatic rings. The first-order chi connectivity index (χ1) is 14.1. The number of carbonyl (C=O) groups excluding carboxylic acids is 2. The number of ether oxygens (including phenoxy) is 1. The molecule has 2 aromatic carbocycles. The predicted molar refractivity (Wildman–Crippen MR) is 117 cm³/mol. The molecule has 0 aliphatic heterocycles. The average molecular weight is 434 g/mol. The fourth-order valence-electron chi connectivity index (χ4n) is 2.89. The summed E-state index contributed by atoms with van der Waals surface area (Å²) in [6.07, 6.45) is 1.05. The van der Waals surface area contributed by atoms with Crippen LogP contribution in [0.3, 0.4) is 0 Å². The van der Waals surface area contributed by atoms with Gasteiger partial charge in [0.1, 0.15) is 6.04 Å². The number of rotatable bonds is 9. The van der Waals surface area contributed by atoms with Crippen molar-refractivity contribution in [2.24, 2.45) is 0 Å². The van der Waals surface area contributed by atoms with Gasteiger partial charge < -0.3 is 15.4 Å². The summed E-state index contributed by atoms with van der Waals surface area (Å²) >= 11 is 0. The SMILES string of the molecule is COCCNC(=O)c1ccccc1NC(=O)[C@@H](C)N(c1ccc(C)cc1)S(C)(=O)=O. The van der Waals surface area contributed by atoms with Crippen molar-refractivity contribution in [2.75, 3.05) is 36.1 Å². The van der Waals surface area contributed by atoms with Gasteiger partial charge in [-0.3, -0.25) is 13.9 Å². The third-order valence-corrected chi connectivity index (χ3v) is 5.64. The number of para-hydroxylation sites is 1. The first-order valence-electron chi connectivity index (χ1n) is 9.38. The van der Waals surface area contributed by atoms with Crippen LogP contribution in [0.2, 0.25) is 0 Å². The Hall–Kier alpha value is -2.91. The van der Waals surface area contributed by atoms with Gasteiger partial charge >= 0.3 is 0 Å². The van der Waals surface area contributed by atoms with E-state index < -0.39 is 22.0 Å². The van der Waals surface area contributed by atoms with Crippen LogP contribution in [0.5, 0.6) is 0 Å². The van der Waals surface area contributed by atoms with Crippen LogP contribution in [0.15, 0.2) is 48.5 Å². The molecule has 0 spiro atoms. The van der Waals surface area contributed by atoms with Crippen molar-refractivity contribution in [3.8, 4) is 0 Å². The van der Waals surface area contributed by atoms with Crippen molar-refractivity contribution in [3.63, 3.8) is 0 Å². The molecular formula is C21H27N3O5S. The van der Waals surface area contributed by atoms with E-state index in [-0.39, 0.29) is 11.5 Å². The Balaban J connectivity index is 2.25. The molecule has 0 aliphatic carbocycles. The van der Waals surface area contributed by atoms with Crippen LogP contribution in [-0.2, 0) is 19.6 Å². The van der Waals surface area contributed by atoms with Crippen molar-refractivity contribution in [1.29, 1.82) is 0 Å². The topological polar surface area (TPSA) is 105 Å². The minimum atomic E-state index is -3.73. The summed E-state index contributed by atoms with van der Waals surface area (Å²) in [4.78, 5) is 25.3. The van der Waals surface area contributed by atoms with Crippen molar-refractivity contribution in [2.45, 2.75) is 19.9 Å². The molecule has 0 saturated carbocycles. The summed E-state index contributed by atoms with van der Waals surface area (Å²) in [7, 11) is -2.20. The highest BCUT2D eigenvalue weighted by atomic mass is 32.2. The fourth-order valence-corrected chi connectivity index (χ4v) is 4.06. The number of nitrogens with zero attached hydrogens (tertiary/aromatic N) is 1. The molecule has 1 atom stereocenters. The molecule has 8 nitrogen and oxygen atoms in total. The van der Waals surface area contributed by atoms with E-state index in [2.05, 4.69) is 10.6 Å². The zero-order chi connectivity index (χ0) is 22.3. The summed E-state index contributed by atoms with van der Waals surface area (Å²) in [5.41, 5.74) is 1.92. The van der Waals surface area contributed by atoms with Crippen molar-refractivity contribution < 1.29 is 22.7 Å². The summed E-state index contributed by atoms with van der Waals surface area (Å²) in [5, 5.41) is 5.38. The molecule has 0 aromatic heterocycles. The van der Waals surface area contributed by atoms with Gasteiger partial charge in [-0.05, 0) is 38.1 Å². The second-order valence-corrected chi connectivity index (χ2v) is 8.71. The monoisotopic (exact) mass is 433 g/mol. The number of sulfonamides is 1. The summed E-state index contributed by atoms with van der Waals surface area (Å²) in [5.74, 6) is -0.924. The molecule has 2 amide bonds. The number of hydrogen-bond acceptors (Lipinski definition) is 5. The maximum atomic E-state index is 12.9. The van der Waals surface area contributed by atoms with Crippen LogP contribution in [-0.4, -0.2) is 52.8 Å².